The third-order valence-electron chi connectivity index (χ3n) is 1.76. The zero-order valence-electron chi connectivity index (χ0n) is 8.56. The normalized spacial score (nSPS) is 9.93. The molecular weight excluding hydrogens is 196 g/mol. The zero-order chi connectivity index (χ0) is 11.1. The number of aromatic carboxylic acids is 1. The Labute approximate surface area is 88.1 Å². The van der Waals surface area contributed by atoms with E-state index in [0.29, 0.717) is 25.6 Å². The molecule has 82 valence electrons. The molecule has 15 heavy (non-hydrogen) atoms. The van der Waals surface area contributed by atoms with Crippen LogP contribution in [0.2, 0.25) is 0 Å². The van der Waals surface area contributed by atoms with E-state index in [2.05, 4.69) is 10.3 Å². The average molecular weight is 210 g/mol. The van der Waals surface area contributed by atoms with Crippen LogP contribution >= 0.6 is 0 Å². The molecule has 0 aliphatic heterocycles. The number of nitrogens with zero attached hydrogens (tertiary/aromatic N) is 1. The van der Waals surface area contributed by atoms with Crippen molar-refractivity contribution in [2.45, 2.75) is 6.92 Å². The second-order valence-corrected chi connectivity index (χ2v) is 2.86. The molecule has 0 spiro atoms. The van der Waals surface area contributed by atoms with Crippen molar-refractivity contribution in [3.05, 3.63) is 23.9 Å². The van der Waals surface area contributed by atoms with E-state index in [0.717, 1.165) is 0 Å². The number of ether oxygens (including phenoxy) is 1. The summed E-state index contributed by atoms with van der Waals surface area (Å²) in [4.78, 5) is 14.6. The maximum atomic E-state index is 10.6. The van der Waals surface area contributed by atoms with Gasteiger partial charge in [0.2, 0.25) is 0 Å². The van der Waals surface area contributed by atoms with Gasteiger partial charge in [-0.25, -0.2) is 9.78 Å². The van der Waals surface area contributed by atoms with Gasteiger partial charge in [0.25, 0.3) is 0 Å². The van der Waals surface area contributed by atoms with Crippen molar-refractivity contribution < 1.29 is 14.6 Å². The van der Waals surface area contributed by atoms with Crippen molar-refractivity contribution in [1.82, 2.24) is 4.98 Å². The summed E-state index contributed by atoms with van der Waals surface area (Å²) in [5.74, 6) is -0.403. The number of carboxylic acids is 1. The van der Waals surface area contributed by atoms with Gasteiger partial charge >= 0.3 is 5.97 Å². The molecule has 5 nitrogen and oxygen atoms in total. The fourth-order valence-electron chi connectivity index (χ4n) is 1.06. The first-order chi connectivity index (χ1) is 7.24. The molecule has 0 fully saturated rings. The molecule has 0 bridgehead atoms. The molecule has 0 radical (unpaired) electrons. The van der Waals surface area contributed by atoms with Crippen molar-refractivity contribution in [3.63, 3.8) is 0 Å². The fraction of sp³-hybridized carbons (Fsp3) is 0.400. The van der Waals surface area contributed by atoms with Gasteiger partial charge in [0.15, 0.2) is 0 Å². The summed E-state index contributed by atoms with van der Waals surface area (Å²) in [5.41, 5.74) is 0.226. The number of pyridine rings is 1. The number of anilines is 1. The molecule has 1 aromatic heterocycles. The predicted octanol–water partition coefficient (Wildman–Crippen LogP) is 1.23. The van der Waals surface area contributed by atoms with Crippen molar-refractivity contribution in [2.24, 2.45) is 0 Å². The van der Waals surface area contributed by atoms with Crippen LogP contribution in [-0.4, -0.2) is 35.8 Å². The van der Waals surface area contributed by atoms with Crippen LogP contribution in [-0.2, 0) is 4.74 Å². The maximum absolute atomic E-state index is 10.6. The Hall–Kier alpha value is -1.62. The second-order valence-electron chi connectivity index (χ2n) is 2.86. The Morgan fingerprint density at radius 3 is 3.13 bits per heavy atom. The molecule has 0 aliphatic carbocycles. The molecule has 0 amide bonds. The first-order valence-electron chi connectivity index (χ1n) is 4.75. The van der Waals surface area contributed by atoms with Crippen molar-refractivity contribution in [3.8, 4) is 0 Å². The summed E-state index contributed by atoms with van der Waals surface area (Å²) < 4.78 is 5.13. The minimum absolute atomic E-state index is 0.226. The lowest BCUT2D eigenvalue weighted by Crippen LogP contribution is -2.10. The summed E-state index contributed by atoms with van der Waals surface area (Å²) in [5, 5.41) is 11.7. The number of hydrogen-bond acceptors (Lipinski definition) is 4. The van der Waals surface area contributed by atoms with Crippen molar-refractivity contribution in [1.29, 1.82) is 0 Å². The highest BCUT2D eigenvalue weighted by atomic mass is 16.5. The molecule has 0 unspecified atom stereocenters. The molecule has 5 heteroatoms. The lowest BCUT2D eigenvalue weighted by atomic mass is 10.2. The van der Waals surface area contributed by atoms with Gasteiger partial charge in [-0.15, -0.1) is 0 Å². The quantitative estimate of drug-likeness (QED) is 0.691. The lowest BCUT2D eigenvalue weighted by Gasteiger charge is -2.05. The van der Waals surface area contributed by atoms with Gasteiger partial charge in [0.05, 0.1) is 12.2 Å². The highest BCUT2D eigenvalue weighted by molar-refractivity contribution is 5.88. The van der Waals surface area contributed by atoms with E-state index in [-0.39, 0.29) is 5.56 Å². The van der Waals surface area contributed by atoms with Gasteiger partial charge in [-0.05, 0) is 19.1 Å². The van der Waals surface area contributed by atoms with Gasteiger partial charge in [0.1, 0.15) is 5.82 Å². The molecule has 0 aliphatic rings. The van der Waals surface area contributed by atoms with E-state index >= 15 is 0 Å². The molecular formula is C10H14N2O3. The minimum atomic E-state index is -0.953. The van der Waals surface area contributed by atoms with E-state index in [9.17, 15) is 4.79 Å². The van der Waals surface area contributed by atoms with E-state index in [1.165, 1.54) is 18.3 Å². The standard InChI is InChI=1S/C10H14N2O3/c1-2-15-6-5-12-9-7-8(10(13)14)3-4-11-9/h3-4,7H,2,5-6H2,1H3,(H,11,12)(H,13,14). The Morgan fingerprint density at radius 1 is 1.67 bits per heavy atom. The molecule has 0 atom stereocenters. The molecule has 1 heterocycles. The van der Waals surface area contributed by atoms with Crippen LogP contribution in [0.4, 0.5) is 5.82 Å². The van der Waals surface area contributed by atoms with Crippen LogP contribution in [0.3, 0.4) is 0 Å². The lowest BCUT2D eigenvalue weighted by molar-refractivity contribution is 0.0697. The first kappa shape index (κ1) is 11.5. The Balaban J connectivity index is 2.47. The van der Waals surface area contributed by atoms with E-state index < -0.39 is 5.97 Å². The average Bonchev–Trinajstić information content (AvgIpc) is 2.25. The summed E-state index contributed by atoms with van der Waals surface area (Å²) in [6, 6.07) is 2.95. The molecule has 1 rings (SSSR count). The van der Waals surface area contributed by atoms with Crippen LogP contribution in [0, 0.1) is 0 Å². The van der Waals surface area contributed by atoms with Gasteiger partial charge in [-0.3, -0.25) is 0 Å². The molecule has 0 aromatic carbocycles. The van der Waals surface area contributed by atoms with Crippen LogP contribution in [0.15, 0.2) is 18.3 Å². The third kappa shape index (κ3) is 3.95. The van der Waals surface area contributed by atoms with Crippen LogP contribution in [0.5, 0.6) is 0 Å². The van der Waals surface area contributed by atoms with Crippen LogP contribution in [0.25, 0.3) is 0 Å². The second kappa shape index (κ2) is 5.98. The number of carbonyl (C=O) groups is 1. The Morgan fingerprint density at radius 2 is 2.47 bits per heavy atom. The summed E-state index contributed by atoms with van der Waals surface area (Å²) >= 11 is 0. The molecule has 1 aromatic rings. The fourth-order valence-corrected chi connectivity index (χ4v) is 1.06. The summed E-state index contributed by atoms with van der Waals surface area (Å²) in [6.45, 7) is 3.78. The number of nitrogens with one attached hydrogen (secondary N) is 1. The largest absolute Gasteiger partial charge is 0.478 e. The van der Waals surface area contributed by atoms with Gasteiger partial charge < -0.3 is 15.2 Å². The number of rotatable bonds is 6. The first-order valence-corrected chi connectivity index (χ1v) is 4.75. The minimum Gasteiger partial charge on any atom is -0.478 e. The van der Waals surface area contributed by atoms with E-state index in [4.69, 9.17) is 9.84 Å². The Bertz CT molecular complexity index is 328. The Kier molecular flexibility index (Phi) is 4.56. The molecule has 0 saturated carbocycles. The maximum Gasteiger partial charge on any atom is 0.335 e. The zero-order valence-corrected chi connectivity index (χ0v) is 8.56. The highest BCUT2D eigenvalue weighted by Gasteiger charge is 2.03. The van der Waals surface area contributed by atoms with Gasteiger partial charge in [0, 0.05) is 19.3 Å². The smallest absolute Gasteiger partial charge is 0.335 e. The van der Waals surface area contributed by atoms with Crippen LogP contribution in [0.1, 0.15) is 17.3 Å². The summed E-state index contributed by atoms with van der Waals surface area (Å²) in [6.07, 6.45) is 1.46. The molecule has 0 saturated heterocycles. The molecule has 2 N–H and O–H groups in total. The van der Waals surface area contributed by atoms with E-state index in [1.54, 1.807) is 0 Å². The van der Waals surface area contributed by atoms with E-state index in [1.807, 2.05) is 6.92 Å². The number of carboxylic acid groups (broad SMARTS) is 1. The third-order valence-corrected chi connectivity index (χ3v) is 1.76. The highest BCUT2D eigenvalue weighted by Crippen LogP contribution is 2.05. The topological polar surface area (TPSA) is 71.5 Å². The number of aromatic nitrogens is 1. The predicted molar refractivity (Wildman–Crippen MR) is 56.2 cm³/mol. The summed E-state index contributed by atoms with van der Waals surface area (Å²) in [7, 11) is 0. The van der Waals surface area contributed by atoms with Crippen molar-refractivity contribution >= 4 is 11.8 Å². The SMILES string of the molecule is CCOCCNc1cc(C(=O)O)ccn1. The monoisotopic (exact) mass is 210 g/mol. The van der Waals surface area contributed by atoms with Gasteiger partial charge in [-0.2, -0.15) is 0 Å². The van der Waals surface area contributed by atoms with Crippen LogP contribution < -0.4 is 5.32 Å². The number of hydrogen-bond donors (Lipinski definition) is 2. The van der Waals surface area contributed by atoms with Gasteiger partial charge in [-0.1, -0.05) is 0 Å². The van der Waals surface area contributed by atoms with Crippen molar-refractivity contribution in [2.75, 3.05) is 25.1 Å².